The number of nitrogens with one attached hydrogen (secondary N) is 2. The summed E-state index contributed by atoms with van der Waals surface area (Å²) in [6.45, 7) is 5.79. The first-order chi connectivity index (χ1) is 7.54. The predicted molar refractivity (Wildman–Crippen MR) is 70.6 cm³/mol. The number of para-hydroxylation sites is 1. The van der Waals surface area contributed by atoms with Crippen LogP contribution in [0.15, 0.2) is 18.2 Å². The average molecular weight is 236 g/mol. The highest BCUT2D eigenvalue weighted by atomic mass is 32.1. The van der Waals surface area contributed by atoms with Gasteiger partial charge in [-0.1, -0.05) is 25.1 Å². The molecule has 4 heteroatoms. The molecule has 0 atom stereocenters. The largest absolute Gasteiger partial charge is 0.332 e. The number of anilines is 1. The summed E-state index contributed by atoms with van der Waals surface area (Å²) in [5.74, 6) is -0.0799. The summed E-state index contributed by atoms with van der Waals surface area (Å²) in [5, 5.41) is 6.01. The Balaban J connectivity index is 2.73. The van der Waals surface area contributed by atoms with Gasteiger partial charge < -0.3 is 10.6 Å². The van der Waals surface area contributed by atoms with Gasteiger partial charge in [0.05, 0.1) is 0 Å². The Morgan fingerprint density at radius 1 is 1.31 bits per heavy atom. The molecule has 1 rings (SSSR count). The van der Waals surface area contributed by atoms with E-state index in [0.717, 1.165) is 16.8 Å². The minimum absolute atomic E-state index is 0.0799. The Morgan fingerprint density at radius 2 is 1.88 bits per heavy atom. The van der Waals surface area contributed by atoms with Crippen molar-refractivity contribution in [2.45, 2.75) is 27.2 Å². The number of hydrogen-bond acceptors (Lipinski definition) is 2. The zero-order chi connectivity index (χ0) is 12.1. The van der Waals surface area contributed by atoms with E-state index in [4.69, 9.17) is 12.2 Å². The third-order valence-corrected chi connectivity index (χ3v) is 2.50. The van der Waals surface area contributed by atoms with Crippen LogP contribution in [0.3, 0.4) is 0 Å². The van der Waals surface area contributed by atoms with Crippen LogP contribution >= 0.6 is 12.2 Å². The first-order valence-corrected chi connectivity index (χ1v) is 5.62. The summed E-state index contributed by atoms with van der Waals surface area (Å²) < 4.78 is 0. The monoisotopic (exact) mass is 236 g/mol. The molecule has 3 nitrogen and oxygen atoms in total. The summed E-state index contributed by atoms with van der Waals surface area (Å²) in [6.07, 6.45) is 0.425. The number of aryl methyl sites for hydroxylation is 2. The van der Waals surface area contributed by atoms with Crippen LogP contribution in [-0.2, 0) is 4.79 Å². The fourth-order valence-electron chi connectivity index (χ4n) is 1.37. The first kappa shape index (κ1) is 12.6. The molecule has 16 heavy (non-hydrogen) atoms. The molecule has 2 N–H and O–H groups in total. The Labute approximate surface area is 101 Å². The molecule has 0 aromatic heterocycles. The fraction of sp³-hybridized carbons (Fsp3) is 0.333. The Bertz CT molecular complexity index is 395. The van der Waals surface area contributed by atoms with E-state index in [1.54, 1.807) is 6.92 Å². The van der Waals surface area contributed by atoms with Crippen LogP contribution in [0.1, 0.15) is 24.5 Å². The molecular weight excluding hydrogens is 220 g/mol. The van der Waals surface area contributed by atoms with Crippen LogP contribution in [0.2, 0.25) is 0 Å². The van der Waals surface area contributed by atoms with Gasteiger partial charge in [-0.2, -0.15) is 0 Å². The molecule has 1 amide bonds. The van der Waals surface area contributed by atoms with E-state index in [1.165, 1.54) is 0 Å². The number of benzene rings is 1. The van der Waals surface area contributed by atoms with E-state index < -0.39 is 0 Å². The topological polar surface area (TPSA) is 41.1 Å². The normalized spacial score (nSPS) is 9.69. The zero-order valence-electron chi connectivity index (χ0n) is 9.76. The summed E-state index contributed by atoms with van der Waals surface area (Å²) in [5.41, 5.74) is 3.17. The molecule has 0 unspecified atom stereocenters. The van der Waals surface area contributed by atoms with Gasteiger partial charge >= 0.3 is 0 Å². The van der Waals surface area contributed by atoms with E-state index in [9.17, 15) is 4.79 Å². The summed E-state index contributed by atoms with van der Waals surface area (Å²) in [4.78, 5) is 11.1. The predicted octanol–water partition coefficient (Wildman–Crippen LogP) is 2.53. The fourth-order valence-corrected chi connectivity index (χ4v) is 1.59. The smallest absolute Gasteiger partial charge is 0.225 e. The average Bonchev–Trinajstić information content (AvgIpc) is 2.23. The van der Waals surface area contributed by atoms with Crippen LogP contribution in [0.5, 0.6) is 0 Å². The molecule has 86 valence electrons. The quantitative estimate of drug-likeness (QED) is 0.775. The molecule has 1 aromatic rings. The number of amides is 1. The number of thiocarbonyl (C=S) groups is 1. The third kappa shape index (κ3) is 3.31. The van der Waals surface area contributed by atoms with Crippen molar-refractivity contribution in [2.75, 3.05) is 5.32 Å². The molecule has 0 radical (unpaired) electrons. The van der Waals surface area contributed by atoms with E-state index in [2.05, 4.69) is 10.6 Å². The van der Waals surface area contributed by atoms with E-state index in [0.29, 0.717) is 11.5 Å². The SMILES string of the molecule is CCC(=O)NC(=S)Nc1c(C)cccc1C. The molecule has 0 fully saturated rings. The lowest BCUT2D eigenvalue weighted by molar-refractivity contribution is -0.119. The molecule has 0 aliphatic heterocycles. The lowest BCUT2D eigenvalue weighted by Gasteiger charge is -2.13. The van der Waals surface area contributed by atoms with Crippen LogP contribution in [0, 0.1) is 13.8 Å². The molecular formula is C12H16N2OS. The van der Waals surface area contributed by atoms with Crippen molar-refractivity contribution in [1.82, 2.24) is 5.32 Å². The number of carbonyl (C=O) groups is 1. The first-order valence-electron chi connectivity index (χ1n) is 5.21. The van der Waals surface area contributed by atoms with Crippen LogP contribution in [0.4, 0.5) is 5.69 Å². The Hall–Kier alpha value is -1.42. The molecule has 0 heterocycles. The van der Waals surface area contributed by atoms with Gasteiger partial charge in [0.2, 0.25) is 5.91 Å². The molecule has 0 spiro atoms. The van der Waals surface area contributed by atoms with Crippen molar-refractivity contribution >= 4 is 28.9 Å². The van der Waals surface area contributed by atoms with Gasteiger partial charge in [0.25, 0.3) is 0 Å². The summed E-state index contributed by atoms with van der Waals surface area (Å²) in [6, 6.07) is 5.99. The highest BCUT2D eigenvalue weighted by Gasteiger charge is 2.05. The van der Waals surface area contributed by atoms with Crippen molar-refractivity contribution < 1.29 is 4.79 Å². The van der Waals surface area contributed by atoms with Crippen molar-refractivity contribution in [3.05, 3.63) is 29.3 Å². The van der Waals surface area contributed by atoms with E-state index in [-0.39, 0.29) is 5.91 Å². The second-order valence-corrected chi connectivity index (χ2v) is 4.03. The number of carbonyl (C=O) groups excluding carboxylic acids is 1. The van der Waals surface area contributed by atoms with E-state index >= 15 is 0 Å². The highest BCUT2D eigenvalue weighted by molar-refractivity contribution is 7.80. The molecule has 0 bridgehead atoms. The van der Waals surface area contributed by atoms with Crippen molar-refractivity contribution in [3.63, 3.8) is 0 Å². The van der Waals surface area contributed by atoms with Crippen molar-refractivity contribution in [3.8, 4) is 0 Å². The van der Waals surface area contributed by atoms with E-state index in [1.807, 2.05) is 32.0 Å². The minimum atomic E-state index is -0.0799. The van der Waals surface area contributed by atoms with Crippen LogP contribution in [0.25, 0.3) is 0 Å². The summed E-state index contributed by atoms with van der Waals surface area (Å²) >= 11 is 5.05. The van der Waals surface area contributed by atoms with Gasteiger partial charge in [-0.3, -0.25) is 4.79 Å². The maximum Gasteiger partial charge on any atom is 0.225 e. The number of rotatable bonds is 2. The molecule has 0 aliphatic rings. The maximum absolute atomic E-state index is 11.1. The third-order valence-electron chi connectivity index (χ3n) is 2.29. The second kappa shape index (κ2) is 5.61. The van der Waals surface area contributed by atoms with Crippen molar-refractivity contribution in [1.29, 1.82) is 0 Å². The molecule has 1 aromatic carbocycles. The molecule has 0 aliphatic carbocycles. The van der Waals surface area contributed by atoms with Gasteiger partial charge in [-0.25, -0.2) is 0 Å². The van der Waals surface area contributed by atoms with Gasteiger partial charge in [0.15, 0.2) is 5.11 Å². The standard InChI is InChI=1S/C12H16N2OS/c1-4-10(15)13-12(16)14-11-8(2)6-5-7-9(11)3/h5-7H,4H2,1-3H3,(H2,13,14,15,16). The van der Waals surface area contributed by atoms with Gasteiger partial charge in [0.1, 0.15) is 0 Å². The van der Waals surface area contributed by atoms with Gasteiger partial charge in [-0.05, 0) is 37.2 Å². The molecule has 0 saturated carbocycles. The zero-order valence-corrected chi connectivity index (χ0v) is 10.6. The van der Waals surface area contributed by atoms with Crippen LogP contribution in [-0.4, -0.2) is 11.0 Å². The number of hydrogen-bond donors (Lipinski definition) is 2. The Kier molecular flexibility index (Phi) is 4.43. The van der Waals surface area contributed by atoms with Gasteiger partial charge in [-0.15, -0.1) is 0 Å². The Morgan fingerprint density at radius 3 is 2.38 bits per heavy atom. The lowest BCUT2D eigenvalue weighted by atomic mass is 10.1. The van der Waals surface area contributed by atoms with Crippen molar-refractivity contribution in [2.24, 2.45) is 0 Å². The maximum atomic E-state index is 11.1. The molecule has 0 saturated heterocycles. The second-order valence-electron chi connectivity index (χ2n) is 3.62. The summed E-state index contributed by atoms with van der Waals surface area (Å²) in [7, 11) is 0. The lowest BCUT2D eigenvalue weighted by Crippen LogP contribution is -2.33. The highest BCUT2D eigenvalue weighted by Crippen LogP contribution is 2.18. The minimum Gasteiger partial charge on any atom is -0.332 e. The van der Waals surface area contributed by atoms with Crippen LogP contribution < -0.4 is 10.6 Å². The van der Waals surface area contributed by atoms with Gasteiger partial charge in [0, 0.05) is 12.1 Å².